The Morgan fingerprint density at radius 2 is 2.38 bits per heavy atom. The number of rotatable bonds is 1. The SMILES string of the molecule is COC(=O)C1(O)Cc2cc(Cl)ccc2C1N. The van der Waals surface area contributed by atoms with Gasteiger partial charge in [0, 0.05) is 11.4 Å². The van der Waals surface area contributed by atoms with E-state index < -0.39 is 17.6 Å². The first-order valence-corrected chi connectivity index (χ1v) is 5.21. The topological polar surface area (TPSA) is 72.5 Å². The number of fused-ring (bicyclic) bond motifs is 1. The van der Waals surface area contributed by atoms with Gasteiger partial charge in [-0.05, 0) is 23.3 Å². The summed E-state index contributed by atoms with van der Waals surface area (Å²) in [6.07, 6.45) is 0.136. The molecule has 0 saturated heterocycles. The normalized spacial score (nSPS) is 27.6. The van der Waals surface area contributed by atoms with E-state index in [2.05, 4.69) is 4.74 Å². The van der Waals surface area contributed by atoms with Crippen LogP contribution in [0.15, 0.2) is 18.2 Å². The first-order valence-electron chi connectivity index (χ1n) is 4.83. The van der Waals surface area contributed by atoms with E-state index in [1.807, 2.05) is 0 Å². The number of ether oxygens (including phenoxy) is 1. The van der Waals surface area contributed by atoms with Crippen LogP contribution in [-0.2, 0) is 16.0 Å². The van der Waals surface area contributed by atoms with E-state index in [0.29, 0.717) is 5.02 Å². The lowest BCUT2D eigenvalue weighted by Gasteiger charge is -2.24. The van der Waals surface area contributed by atoms with E-state index in [0.717, 1.165) is 11.1 Å². The summed E-state index contributed by atoms with van der Waals surface area (Å²) in [6.45, 7) is 0. The highest BCUT2D eigenvalue weighted by Gasteiger charge is 2.49. The number of carbonyl (C=O) groups excluding carboxylic acids is 1. The van der Waals surface area contributed by atoms with Gasteiger partial charge < -0.3 is 15.6 Å². The lowest BCUT2D eigenvalue weighted by atomic mass is 9.96. The van der Waals surface area contributed by atoms with Crippen LogP contribution in [0.5, 0.6) is 0 Å². The molecule has 5 heteroatoms. The monoisotopic (exact) mass is 241 g/mol. The Bertz CT molecular complexity index is 449. The van der Waals surface area contributed by atoms with Crippen LogP contribution in [-0.4, -0.2) is 23.8 Å². The molecule has 2 atom stereocenters. The third-order valence-corrected chi connectivity index (χ3v) is 3.19. The highest BCUT2D eigenvalue weighted by molar-refractivity contribution is 6.30. The van der Waals surface area contributed by atoms with Crippen molar-refractivity contribution in [2.75, 3.05) is 7.11 Å². The Morgan fingerprint density at radius 3 is 3.00 bits per heavy atom. The Hall–Kier alpha value is -1.10. The zero-order valence-corrected chi connectivity index (χ0v) is 9.49. The van der Waals surface area contributed by atoms with E-state index in [1.54, 1.807) is 18.2 Å². The number of methoxy groups -OCH3 is 1. The van der Waals surface area contributed by atoms with Crippen LogP contribution in [0.1, 0.15) is 17.2 Å². The zero-order chi connectivity index (χ0) is 11.9. The molecule has 1 aromatic carbocycles. The molecule has 86 valence electrons. The van der Waals surface area contributed by atoms with Gasteiger partial charge in [0.25, 0.3) is 0 Å². The quantitative estimate of drug-likeness (QED) is 0.714. The highest BCUT2D eigenvalue weighted by atomic mass is 35.5. The molecular weight excluding hydrogens is 230 g/mol. The minimum Gasteiger partial charge on any atom is -0.467 e. The highest BCUT2D eigenvalue weighted by Crippen LogP contribution is 2.39. The second kappa shape index (κ2) is 3.73. The summed E-state index contributed by atoms with van der Waals surface area (Å²) in [5.74, 6) is -0.715. The maximum Gasteiger partial charge on any atom is 0.340 e. The second-order valence-corrected chi connectivity index (χ2v) is 4.35. The predicted octanol–water partition coefficient (Wildman–Crippen LogP) is 0.800. The average molecular weight is 242 g/mol. The van der Waals surface area contributed by atoms with Crippen molar-refractivity contribution in [3.8, 4) is 0 Å². The molecule has 4 nitrogen and oxygen atoms in total. The summed E-state index contributed by atoms with van der Waals surface area (Å²) >= 11 is 5.84. The number of carbonyl (C=O) groups is 1. The lowest BCUT2D eigenvalue weighted by Crippen LogP contribution is -2.46. The van der Waals surface area contributed by atoms with Crippen molar-refractivity contribution < 1.29 is 14.6 Å². The summed E-state index contributed by atoms with van der Waals surface area (Å²) in [5, 5.41) is 10.8. The molecule has 3 N–H and O–H groups in total. The van der Waals surface area contributed by atoms with E-state index in [1.165, 1.54) is 7.11 Å². The molecule has 0 aromatic heterocycles. The first-order chi connectivity index (χ1) is 7.49. The van der Waals surface area contributed by atoms with E-state index in [-0.39, 0.29) is 6.42 Å². The van der Waals surface area contributed by atoms with Crippen molar-refractivity contribution >= 4 is 17.6 Å². The summed E-state index contributed by atoms with van der Waals surface area (Å²) in [4.78, 5) is 11.5. The molecule has 0 amide bonds. The van der Waals surface area contributed by atoms with Gasteiger partial charge in [-0.3, -0.25) is 0 Å². The molecule has 0 fully saturated rings. The van der Waals surface area contributed by atoms with Crippen molar-refractivity contribution in [3.05, 3.63) is 34.3 Å². The summed E-state index contributed by atoms with van der Waals surface area (Å²) < 4.78 is 4.57. The molecule has 1 aliphatic carbocycles. The molecule has 16 heavy (non-hydrogen) atoms. The van der Waals surface area contributed by atoms with Crippen molar-refractivity contribution in [3.63, 3.8) is 0 Å². The molecule has 0 heterocycles. The number of halogens is 1. The van der Waals surface area contributed by atoms with E-state index >= 15 is 0 Å². The number of hydrogen-bond acceptors (Lipinski definition) is 4. The smallest absolute Gasteiger partial charge is 0.340 e. The summed E-state index contributed by atoms with van der Waals surface area (Å²) in [6, 6.07) is 4.34. The van der Waals surface area contributed by atoms with Crippen molar-refractivity contribution in [1.29, 1.82) is 0 Å². The Morgan fingerprint density at radius 1 is 1.69 bits per heavy atom. The molecular formula is C11H12ClNO3. The molecule has 0 radical (unpaired) electrons. The Balaban J connectivity index is 2.44. The van der Waals surface area contributed by atoms with Gasteiger partial charge in [0.05, 0.1) is 13.2 Å². The predicted molar refractivity (Wildman–Crippen MR) is 59.1 cm³/mol. The van der Waals surface area contributed by atoms with Gasteiger partial charge in [-0.25, -0.2) is 4.79 Å². The molecule has 2 unspecified atom stereocenters. The van der Waals surface area contributed by atoms with Gasteiger partial charge in [0.15, 0.2) is 5.60 Å². The van der Waals surface area contributed by atoms with Crippen LogP contribution in [0, 0.1) is 0 Å². The van der Waals surface area contributed by atoms with Crippen LogP contribution in [0.3, 0.4) is 0 Å². The third kappa shape index (κ3) is 1.50. The van der Waals surface area contributed by atoms with Crippen molar-refractivity contribution in [2.45, 2.75) is 18.1 Å². The van der Waals surface area contributed by atoms with Gasteiger partial charge >= 0.3 is 5.97 Å². The number of hydrogen-bond donors (Lipinski definition) is 2. The molecule has 1 aliphatic rings. The zero-order valence-electron chi connectivity index (χ0n) is 8.74. The van der Waals surface area contributed by atoms with E-state index in [9.17, 15) is 9.90 Å². The van der Waals surface area contributed by atoms with Crippen LogP contribution in [0.4, 0.5) is 0 Å². The largest absolute Gasteiger partial charge is 0.467 e. The molecule has 0 saturated carbocycles. The number of benzene rings is 1. The average Bonchev–Trinajstić information content (AvgIpc) is 2.51. The number of esters is 1. The molecule has 0 spiro atoms. The fourth-order valence-corrected chi connectivity index (χ4v) is 2.26. The molecule has 0 aliphatic heterocycles. The Kier molecular flexibility index (Phi) is 2.66. The van der Waals surface area contributed by atoms with Gasteiger partial charge in [-0.1, -0.05) is 17.7 Å². The number of aliphatic hydroxyl groups is 1. The van der Waals surface area contributed by atoms with Crippen molar-refractivity contribution in [2.24, 2.45) is 5.73 Å². The third-order valence-electron chi connectivity index (χ3n) is 2.95. The minimum absolute atomic E-state index is 0.136. The first kappa shape index (κ1) is 11.4. The molecule has 0 bridgehead atoms. The van der Waals surface area contributed by atoms with Gasteiger partial charge in [-0.15, -0.1) is 0 Å². The number of nitrogens with two attached hydrogens (primary N) is 1. The van der Waals surface area contributed by atoms with Crippen molar-refractivity contribution in [1.82, 2.24) is 0 Å². The molecule has 2 rings (SSSR count). The van der Waals surface area contributed by atoms with Crippen LogP contribution < -0.4 is 5.73 Å². The van der Waals surface area contributed by atoms with Gasteiger partial charge in [0.1, 0.15) is 0 Å². The second-order valence-electron chi connectivity index (χ2n) is 3.91. The van der Waals surface area contributed by atoms with Crippen LogP contribution in [0.2, 0.25) is 5.02 Å². The lowest BCUT2D eigenvalue weighted by molar-refractivity contribution is -0.163. The van der Waals surface area contributed by atoms with Gasteiger partial charge in [-0.2, -0.15) is 0 Å². The summed E-state index contributed by atoms with van der Waals surface area (Å²) in [5.41, 5.74) is 5.70. The van der Waals surface area contributed by atoms with Crippen LogP contribution in [0.25, 0.3) is 0 Å². The standard InChI is InChI=1S/C11H12ClNO3/c1-16-10(14)11(15)5-6-4-7(12)2-3-8(6)9(11)13/h2-4,9,15H,5,13H2,1H3. The molecule has 1 aromatic rings. The van der Waals surface area contributed by atoms with Crippen LogP contribution >= 0.6 is 11.6 Å². The van der Waals surface area contributed by atoms with E-state index in [4.69, 9.17) is 17.3 Å². The minimum atomic E-state index is -1.68. The maximum absolute atomic E-state index is 11.5. The Labute approximate surface area is 98.0 Å². The maximum atomic E-state index is 11.5. The van der Waals surface area contributed by atoms with Gasteiger partial charge in [0.2, 0.25) is 0 Å². The fraction of sp³-hybridized carbons (Fsp3) is 0.364. The summed E-state index contributed by atoms with van der Waals surface area (Å²) in [7, 11) is 1.23. The fourth-order valence-electron chi connectivity index (χ4n) is 2.06.